The van der Waals surface area contributed by atoms with E-state index in [1.165, 1.54) is 11.8 Å². The van der Waals surface area contributed by atoms with E-state index in [0.717, 1.165) is 18.7 Å². The first-order valence-electron chi connectivity index (χ1n) is 5.72. The summed E-state index contributed by atoms with van der Waals surface area (Å²) in [5.41, 5.74) is 0.139. The van der Waals surface area contributed by atoms with Crippen LogP contribution in [-0.4, -0.2) is 50.6 Å². The average Bonchev–Trinajstić information content (AvgIpc) is 2.82. The molecule has 0 atom stereocenters. The highest BCUT2D eigenvalue weighted by Crippen LogP contribution is 2.30. The molecule has 0 saturated carbocycles. The number of carboxylic acid groups (broad SMARTS) is 1. The zero-order valence-corrected chi connectivity index (χ0v) is 10.4. The lowest BCUT2D eigenvalue weighted by Crippen LogP contribution is -2.23. The van der Waals surface area contributed by atoms with Gasteiger partial charge in [-0.15, -0.1) is 10.2 Å². The molecule has 18 heavy (non-hydrogen) atoms. The number of fused-ring (bicyclic) bond motifs is 1. The normalized spacial score (nSPS) is 20.3. The van der Waals surface area contributed by atoms with E-state index in [1.54, 1.807) is 4.68 Å². The summed E-state index contributed by atoms with van der Waals surface area (Å²) in [6.07, 6.45) is 1.75. The van der Waals surface area contributed by atoms with Crippen molar-refractivity contribution < 1.29 is 14.6 Å². The van der Waals surface area contributed by atoms with Crippen LogP contribution < -0.4 is 0 Å². The van der Waals surface area contributed by atoms with Crippen LogP contribution in [0, 0.1) is 0 Å². The Morgan fingerprint density at radius 1 is 1.39 bits per heavy atom. The molecule has 1 aromatic rings. The van der Waals surface area contributed by atoms with Gasteiger partial charge in [-0.2, -0.15) is 9.78 Å². The third kappa shape index (κ3) is 2.01. The van der Waals surface area contributed by atoms with Crippen molar-refractivity contribution in [2.75, 3.05) is 19.0 Å². The summed E-state index contributed by atoms with van der Waals surface area (Å²) in [7, 11) is 0. The molecule has 0 unspecified atom stereocenters. The van der Waals surface area contributed by atoms with Crippen LogP contribution in [-0.2, 0) is 9.53 Å². The minimum absolute atomic E-state index is 0.139. The molecule has 3 heterocycles. The number of nitrogens with zero attached hydrogens (tertiary/aromatic N) is 4. The van der Waals surface area contributed by atoms with Gasteiger partial charge in [0.25, 0.3) is 0 Å². The lowest BCUT2D eigenvalue weighted by molar-refractivity contribution is -0.129. The first kappa shape index (κ1) is 11.7. The molecule has 7 nitrogen and oxygen atoms in total. The van der Waals surface area contributed by atoms with Gasteiger partial charge < -0.3 is 9.84 Å². The molecule has 1 saturated heterocycles. The maximum absolute atomic E-state index is 11.0. The quantitative estimate of drug-likeness (QED) is 0.843. The molecular weight excluding hydrogens is 256 g/mol. The van der Waals surface area contributed by atoms with Crippen LogP contribution in [0.5, 0.6) is 0 Å². The van der Waals surface area contributed by atoms with Gasteiger partial charge in [0.1, 0.15) is 0 Å². The number of hydrogen-bond acceptors (Lipinski definition) is 6. The highest BCUT2D eigenvalue weighted by Gasteiger charge is 2.27. The molecule has 0 radical (unpaired) electrons. The zero-order chi connectivity index (χ0) is 12.5. The number of aliphatic carboxylic acids is 1. The number of carbonyl (C=O) groups is 1. The number of hydrogen-bond donors (Lipinski definition) is 1. The Hall–Kier alpha value is -1.41. The predicted molar refractivity (Wildman–Crippen MR) is 64.0 cm³/mol. The predicted octanol–water partition coefficient (Wildman–Crippen LogP) is 0.566. The van der Waals surface area contributed by atoms with Gasteiger partial charge in [-0.25, -0.2) is 4.79 Å². The smallest absolute Gasteiger partial charge is 0.352 e. The molecule has 0 aromatic carbocycles. The van der Waals surface area contributed by atoms with Gasteiger partial charge in [0.2, 0.25) is 5.16 Å². The molecule has 8 heteroatoms. The van der Waals surface area contributed by atoms with E-state index in [9.17, 15) is 4.79 Å². The Balaban J connectivity index is 1.94. The van der Waals surface area contributed by atoms with E-state index in [2.05, 4.69) is 15.3 Å². The molecule has 3 rings (SSSR count). The molecule has 0 aliphatic carbocycles. The topological polar surface area (TPSA) is 89.6 Å². The van der Waals surface area contributed by atoms with Gasteiger partial charge >= 0.3 is 5.97 Å². The summed E-state index contributed by atoms with van der Waals surface area (Å²) in [5.74, 6) is 0.345. The Labute approximate surface area is 107 Å². The number of rotatable bonds is 2. The van der Waals surface area contributed by atoms with Crippen molar-refractivity contribution in [1.29, 1.82) is 0 Å². The first-order chi connectivity index (χ1) is 8.75. The summed E-state index contributed by atoms with van der Waals surface area (Å²) >= 11 is 1.36. The Bertz CT molecular complexity index is 507. The molecule has 0 spiro atoms. The fourth-order valence-electron chi connectivity index (χ4n) is 2.06. The van der Waals surface area contributed by atoms with E-state index in [1.807, 2.05) is 0 Å². The largest absolute Gasteiger partial charge is 0.477 e. The summed E-state index contributed by atoms with van der Waals surface area (Å²) < 4.78 is 6.89. The monoisotopic (exact) mass is 268 g/mol. The van der Waals surface area contributed by atoms with Crippen molar-refractivity contribution in [3.05, 3.63) is 5.82 Å². The van der Waals surface area contributed by atoms with Gasteiger partial charge in [-0.1, -0.05) is 11.8 Å². The van der Waals surface area contributed by atoms with E-state index < -0.39 is 5.97 Å². The van der Waals surface area contributed by atoms with Crippen molar-refractivity contribution in [1.82, 2.24) is 14.9 Å². The minimum Gasteiger partial charge on any atom is -0.477 e. The van der Waals surface area contributed by atoms with Crippen LogP contribution in [0.1, 0.15) is 24.6 Å². The van der Waals surface area contributed by atoms with Gasteiger partial charge in [-0.05, 0) is 12.8 Å². The number of carboxylic acids is 1. The summed E-state index contributed by atoms with van der Waals surface area (Å²) in [5, 5.41) is 22.0. The summed E-state index contributed by atoms with van der Waals surface area (Å²) in [6.45, 7) is 1.41. The fourth-order valence-corrected chi connectivity index (χ4v) is 2.86. The summed E-state index contributed by atoms with van der Waals surface area (Å²) in [4.78, 5) is 11.0. The highest BCUT2D eigenvalue weighted by atomic mass is 32.2. The van der Waals surface area contributed by atoms with Crippen molar-refractivity contribution in [2.45, 2.75) is 23.9 Å². The lowest BCUT2D eigenvalue weighted by atomic mass is 10.00. The van der Waals surface area contributed by atoms with E-state index in [0.29, 0.717) is 24.1 Å². The second-order valence-corrected chi connectivity index (χ2v) is 5.12. The van der Waals surface area contributed by atoms with Gasteiger partial charge in [-0.3, -0.25) is 0 Å². The van der Waals surface area contributed by atoms with Crippen LogP contribution in [0.4, 0.5) is 0 Å². The second kappa shape index (κ2) is 4.69. The fraction of sp³-hybridized carbons (Fsp3) is 0.600. The number of ether oxygens (including phenoxy) is 1. The first-order valence-corrected chi connectivity index (χ1v) is 6.71. The molecule has 0 bridgehead atoms. The van der Waals surface area contributed by atoms with E-state index >= 15 is 0 Å². The van der Waals surface area contributed by atoms with Crippen LogP contribution in [0.2, 0.25) is 0 Å². The third-order valence-electron chi connectivity index (χ3n) is 3.03. The van der Waals surface area contributed by atoms with Crippen LogP contribution >= 0.6 is 11.8 Å². The van der Waals surface area contributed by atoms with Crippen molar-refractivity contribution >= 4 is 23.4 Å². The SMILES string of the molecule is O=C(O)C1=Nn2c(nnc2C2CCOCC2)SC1. The highest BCUT2D eigenvalue weighted by molar-refractivity contribution is 8.00. The zero-order valence-electron chi connectivity index (χ0n) is 9.57. The molecular formula is C10H12N4O3S. The van der Waals surface area contributed by atoms with Crippen molar-refractivity contribution in [2.24, 2.45) is 5.10 Å². The van der Waals surface area contributed by atoms with Crippen LogP contribution in [0.25, 0.3) is 0 Å². The maximum atomic E-state index is 11.0. The van der Waals surface area contributed by atoms with E-state index in [-0.39, 0.29) is 11.6 Å². The number of aromatic nitrogens is 3. The van der Waals surface area contributed by atoms with Crippen molar-refractivity contribution in [3.63, 3.8) is 0 Å². The molecule has 1 fully saturated rings. The van der Waals surface area contributed by atoms with Gasteiger partial charge in [0, 0.05) is 19.1 Å². The van der Waals surface area contributed by atoms with Crippen LogP contribution in [0.15, 0.2) is 10.3 Å². The van der Waals surface area contributed by atoms with Crippen molar-refractivity contribution in [3.8, 4) is 0 Å². The Morgan fingerprint density at radius 2 is 2.17 bits per heavy atom. The molecule has 2 aliphatic heterocycles. The van der Waals surface area contributed by atoms with E-state index in [4.69, 9.17) is 9.84 Å². The molecule has 2 aliphatic rings. The summed E-state index contributed by atoms with van der Waals surface area (Å²) in [6, 6.07) is 0. The maximum Gasteiger partial charge on any atom is 0.352 e. The second-order valence-electron chi connectivity index (χ2n) is 4.18. The minimum atomic E-state index is -0.986. The molecule has 1 N–H and O–H groups in total. The molecule has 96 valence electrons. The molecule has 1 aromatic heterocycles. The Morgan fingerprint density at radius 3 is 2.89 bits per heavy atom. The van der Waals surface area contributed by atoms with Gasteiger partial charge in [0.05, 0.1) is 5.75 Å². The number of thioether (sulfide) groups is 1. The Kier molecular flexibility index (Phi) is 3.04. The average molecular weight is 268 g/mol. The molecule has 0 amide bonds. The standard InChI is InChI=1S/C10H12N4O3S/c15-9(16)7-5-18-10-12-11-8(14(10)13-7)6-1-3-17-4-2-6/h6H,1-5H2,(H,15,16). The third-order valence-corrected chi connectivity index (χ3v) is 3.96. The van der Waals surface area contributed by atoms with Crippen LogP contribution in [0.3, 0.4) is 0 Å². The van der Waals surface area contributed by atoms with Gasteiger partial charge in [0.15, 0.2) is 11.5 Å². The lowest BCUT2D eigenvalue weighted by Gasteiger charge is -2.21.